The van der Waals surface area contributed by atoms with Gasteiger partial charge in [-0.15, -0.1) is 0 Å². The lowest BCUT2D eigenvalue weighted by atomic mass is 10.2. The molecule has 2 N–H and O–H groups in total. The minimum atomic E-state index is -0.827. The Morgan fingerprint density at radius 2 is 1.76 bits per heavy atom. The van der Waals surface area contributed by atoms with Crippen molar-refractivity contribution in [2.24, 2.45) is 0 Å². The summed E-state index contributed by atoms with van der Waals surface area (Å²) in [4.78, 5) is 38.3. The SMILES string of the molecule is O=C(NCCCn1ccnc1-c1ccccc1)C(=O)Nc1ccc([N+](=O)[O-])cc1. The first-order valence-electron chi connectivity index (χ1n) is 8.95. The number of aryl methyl sites for hydroxylation is 1. The van der Waals surface area contributed by atoms with E-state index in [0.29, 0.717) is 25.2 Å². The van der Waals surface area contributed by atoms with Crippen molar-refractivity contribution in [3.8, 4) is 11.4 Å². The molecule has 0 aliphatic heterocycles. The molecule has 148 valence electrons. The van der Waals surface area contributed by atoms with E-state index in [9.17, 15) is 19.7 Å². The zero-order valence-corrected chi connectivity index (χ0v) is 15.4. The molecule has 2 amide bonds. The number of rotatable bonds is 7. The number of benzene rings is 2. The Balaban J connectivity index is 1.45. The summed E-state index contributed by atoms with van der Waals surface area (Å²) in [6.07, 6.45) is 4.21. The number of nitro benzene ring substituents is 1. The molecule has 0 aliphatic carbocycles. The summed E-state index contributed by atoms with van der Waals surface area (Å²) in [6, 6.07) is 15.0. The Kier molecular flexibility index (Phi) is 6.31. The summed E-state index contributed by atoms with van der Waals surface area (Å²) >= 11 is 0. The molecule has 9 heteroatoms. The number of imidazole rings is 1. The summed E-state index contributed by atoms with van der Waals surface area (Å²) in [6.45, 7) is 0.952. The molecule has 0 atom stereocenters. The van der Waals surface area contributed by atoms with Crippen molar-refractivity contribution in [1.29, 1.82) is 0 Å². The van der Waals surface area contributed by atoms with E-state index < -0.39 is 16.7 Å². The van der Waals surface area contributed by atoms with E-state index in [1.807, 2.05) is 41.1 Å². The minimum absolute atomic E-state index is 0.0955. The molecule has 2 aromatic carbocycles. The summed E-state index contributed by atoms with van der Waals surface area (Å²) in [5.41, 5.74) is 1.22. The van der Waals surface area contributed by atoms with Crippen LogP contribution in [0, 0.1) is 10.1 Å². The van der Waals surface area contributed by atoms with Crippen LogP contribution in [0.25, 0.3) is 11.4 Å². The van der Waals surface area contributed by atoms with Gasteiger partial charge in [-0.25, -0.2) is 4.98 Å². The Morgan fingerprint density at radius 3 is 2.45 bits per heavy atom. The van der Waals surface area contributed by atoms with Gasteiger partial charge in [0.25, 0.3) is 5.69 Å². The van der Waals surface area contributed by atoms with Gasteiger partial charge in [-0.05, 0) is 18.6 Å². The number of aromatic nitrogens is 2. The lowest BCUT2D eigenvalue weighted by Gasteiger charge is -2.09. The number of hydrogen-bond donors (Lipinski definition) is 2. The number of nitrogens with one attached hydrogen (secondary N) is 2. The van der Waals surface area contributed by atoms with Gasteiger partial charge in [-0.3, -0.25) is 19.7 Å². The van der Waals surface area contributed by atoms with Crippen molar-refractivity contribution in [2.45, 2.75) is 13.0 Å². The van der Waals surface area contributed by atoms with E-state index in [4.69, 9.17) is 0 Å². The maximum atomic E-state index is 11.9. The smallest absolute Gasteiger partial charge is 0.313 e. The number of amides is 2. The average molecular weight is 393 g/mol. The molecule has 0 bridgehead atoms. The lowest BCUT2D eigenvalue weighted by Crippen LogP contribution is -2.36. The molecule has 29 heavy (non-hydrogen) atoms. The van der Waals surface area contributed by atoms with Crippen molar-refractivity contribution in [2.75, 3.05) is 11.9 Å². The zero-order chi connectivity index (χ0) is 20.6. The highest BCUT2D eigenvalue weighted by Crippen LogP contribution is 2.17. The van der Waals surface area contributed by atoms with Crippen molar-refractivity contribution in [3.63, 3.8) is 0 Å². The third-order valence-corrected chi connectivity index (χ3v) is 4.15. The highest BCUT2D eigenvalue weighted by atomic mass is 16.6. The molecule has 0 spiro atoms. The standard InChI is InChI=1S/C20H19N5O4/c26-19(20(27)23-16-7-9-17(10-8-16)25(28)29)22-11-4-13-24-14-12-21-18(24)15-5-2-1-3-6-15/h1-3,5-10,12,14H,4,11,13H2,(H,22,26)(H,23,27). The molecule has 1 aromatic heterocycles. The third-order valence-electron chi connectivity index (χ3n) is 4.15. The number of hydrogen-bond acceptors (Lipinski definition) is 5. The van der Waals surface area contributed by atoms with Gasteiger partial charge in [0, 0.05) is 48.9 Å². The van der Waals surface area contributed by atoms with Crippen LogP contribution in [0.4, 0.5) is 11.4 Å². The van der Waals surface area contributed by atoms with Gasteiger partial charge in [0.2, 0.25) is 0 Å². The van der Waals surface area contributed by atoms with Crippen molar-refractivity contribution in [1.82, 2.24) is 14.9 Å². The molecule has 1 heterocycles. The highest BCUT2D eigenvalue weighted by Gasteiger charge is 2.14. The summed E-state index contributed by atoms with van der Waals surface area (Å²) in [5.74, 6) is -0.753. The van der Waals surface area contributed by atoms with Gasteiger partial charge >= 0.3 is 11.8 Å². The second kappa shape index (κ2) is 9.27. The van der Waals surface area contributed by atoms with E-state index in [1.165, 1.54) is 24.3 Å². The van der Waals surface area contributed by atoms with Crippen LogP contribution < -0.4 is 10.6 Å². The van der Waals surface area contributed by atoms with Crippen LogP contribution in [0.15, 0.2) is 67.0 Å². The first-order valence-corrected chi connectivity index (χ1v) is 8.95. The zero-order valence-electron chi connectivity index (χ0n) is 15.4. The molecule has 0 fully saturated rings. The number of carbonyl (C=O) groups is 2. The van der Waals surface area contributed by atoms with Gasteiger partial charge in [0.15, 0.2) is 0 Å². The minimum Gasteiger partial charge on any atom is -0.348 e. The predicted octanol–water partition coefficient (Wildman–Crippen LogP) is 2.60. The van der Waals surface area contributed by atoms with Crippen LogP contribution in [0.2, 0.25) is 0 Å². The predicted molar refractivity (Wildman–Crippen MR) is 107 cm³/mol. The van der Waals surface area contributed by atoms with Crippen LogP contribution in [0.1, 0.15) is 6.42 Å². The quantitative estimate of drug-likeness (QED) is 0.277. The normalized spacial score (nSPS) is 10.3. The molecule has 0 aliphatic rings. The fraction of sp³-hybridized carbons (Fsp3) is 0.150. The largest absolute Gasteiger partial charge is 0.348 e. The van der Waals surface area contributed by atoms with Gasteiger partial charge in [0.05, 0.1) is 4.92 Å². The first-order chi connectivity index (χ1) is 14.0. The molecule has 0 unspecified atom stereocenters. The van der Waals surface area contributed by atoms with Crippen molar-refractivity contribution >= 4 is 23.2 Å². The number of anilines is 1. The first kappa shape index (κ1) is 19.7. The third kappa shape index (κ3) is 5.25. The number of carbonyl (C=O) groups excluding carboxylic acids is 2. The van der Waals surface area contributed by atoms with Crippen LogP contribution in [0.3, 0.4) is 0 Å². The Morgan fingerprint density at radius 1 is 1.03 bits per heavy atom. The van der Waals surface area contributed by atoms with E-state index >= 15 is 0 Å². The molecular formula is C20H19N5O4. The van der Waals surface area contributed by atoms with Crippen LogP contribution in [-0.4, -0.2) is 32.8 Å². The molecule has 3 aromatic rings. The number of non-ortho nitro benzene ring substituents is 1. The summed E-state index contributed by atoms with van der Waals surface area (Å²) in [5, 5.41) is 15.6. The maximum Gasteiger partial charge on any atom is 0.313 e. The fourth-order valence-corrected chi connectivity index (χ4v) is 2.72. The van der Waals surface area contributed by atoms with Gasteiger partial charge in [-0.2, -0.15) is 0 Å². The molecule has 3 rings (SSSR count). The second-order valence-corrected chi connectivity index (χ2v) is 6.18. The monoisotopic (exact) mass is 393 g/mol. The molecule has 0 saturated carbocycles. The summed E-state index contributed by atoms with van der Waals surface area (Å²) < 4.78 is 1.98. The Bertz CT molecular complexity index is 999. The molecule has 0 radical (unpaired) electrons. The van der Waals surface area contributed by atoms with Crippen molar-refractivity contribution < 1.29 is 14.5 Å². The number of nitrogens with zero attached hydrogens (tertiary/aromatic N) is 3. The highest BCUT2D eigenvalue weighted by molar-refractivity contribution is 6.39. The van der Waals surface area contributed by atoms with Gasteiger partial charge in [-0.1, -0.05) is 30.3 Å². The summed E-state index contributed by atoms with van der Waals surface area (Å²) in [7, 11) is 0. The van der Waals surface area contributed by atoms with Crippen LogP contribution in [0.5, 0.6) is 0 Å². The Labute approximate surface area is 166 Å². The molecular weight excluding hydrogens is 374 g/mol. The average Bonchev–Trinajstić information content (AvgIpc) is 3.20. The van der Waals surface area contributed by atoms with E-state index in [1.54, 1.807) is 6.20 Å². The lowest BCUT2D eigenvalue weighted by molar-refractivity contribution is -0.384. The topological polar surface area (TPSA) is 119 Å². The molecule has 0 saturated heterocycles. The second-order valence-electron chi connectivity index (χ2n) is 6.18. The van der Waals surface area contributed by atoms with E-state index in [0.717, 1.165) is 11.4 Å². The van der Waals surface area contributed by atoms with E-state index in [2.05, 4.69) is 15.6 Å². The maximum absolute atomic E-state index is 11.9. The van der Waals surface area contributed by atoms with Gasteiger partial charge < -0.3 is 15.2 Å². The fourth-order valence-electron chi connectivity index (χ4n) is 2.72. The van der Waals surface area contributed by atoms with Crippen molar-refractivity contribution in [3.05, 3.63) is 77.1 Å². The van der Waals surface area contributed by atoms with Crippen LogP contribution in [-0.2, 0) is 16.1 Å². The van der Waals surface area contributed by atoms with E-state index in [-0.39, 0.29) is 5.69 Å². The number of nitro groups is 1. The molecule has 9 nitrogen and oxygen atoms in total. The van der Waals surface area contributed by atoms with Crippen LogP contribution >= 0.6 is 0 Å². The Hall–Kier alpha value is -4.01. The van der Waals surface area contributed by atoms with Gasteiger partial charge in [0.1, 0.15) is 5.82 Å².